The Bertz CT molecular complexity index is 926. The number of para-hydroxylation sites is 1. The molecule has 1 atom stereocenters. The van der Waals surface area contributed by atoms with Crippen molar-refractivity contribution in [2.75, 3.05) is 11.9 Å². The van der Waals surface area contributed by atoms with Gasteiger partial charge in [-0.15, -0.1) is 11.3 Å². The van der Waals surface area contributed by atoms with Crippen LogP contribution in [0.15, 0.2) is 66.0 Å². The van der Waals surface area contributed by atoms with Gasteiger partial charge >= 0.3 is 6.03 Å². The highest BCUT2D eigenvalue weighted by atomic mass is 32.1. The normalized spacial score (nSPS) is 12.2. The van der Waals surface area contributed by atoms with Gasteiger partial charge in [0, 0.05) is 29.7 Å². The van der Waals surface area contributed by atoms with Crippen molar-refractivity contribution < 1.29 is 4.79 Å². The molecule has 0 aliphatic rings. The van der Waals surface area contributed by atoms with E-state index >= 15 is 0 Å². The maximum Gasteiger partial charge on any atom is 0.319 e. The van der Waals surface area contributed by atoms with Crippen molar-refractivity contribution in [1.82, 2.24) is 10.6 Å². The summed E-state index contributed by atoms with van der Waals surface area (Å²) < 4.78 is 0. The van der Waals surface area contributed by atoms with Crippen LogP contribution >= 0.6 is 11.3 Å². The minimum Gasteiger partial charge on any atom is -0.336 e. The number of carbonyl (C=O) groups excluding carboxylic acids is 1. The Morgan fingerprint density at radius 2 is 1.55 bits per heavy atom. The quantitative estimate of drug-likeness (QED) is 0.352. The lowest BCUT2D eigenvalue weighted by Crippen LogP contribution is -2.37. The first-order chi connectivity index (χ1) is 15.0. The lowest BCUT2D eigenvalue weighted by molar-refractivity contribution is 0.250. The molecule has 0 radical (unpaired) electrons. The third-order valence-corrected chi connectivity index (χ3v) is 6.26. The molecule has 0 fully saturated rings. The second kappa shape index (κ2) is 11.1. The van der Waals surface area contributed by atoms with Gasteiger partial charge in [-0.1, -0.05) is 82.3 Å². The van der Waals surface area contributed by atoms with Crippen LogP contribution in [0.1, 0.15) is 67.1 Å². The van der Waals surface area contributed by atoms with E-state index in [1.807, 2.05) is 18.2 Å². The van der Waals surface area contributed by atoms with E-state index < -0.39 is 0 Å². The van der Waals surface area contributed by atoms with E-state index in [2.05, 4.69) is 91.5 Å². The summed E-state index contributed by atoms with van der Waals surface area (Å²) >= 11 is 1.73. The van der Waals surface area contributed by atoms with Gasteiger partial charge in [0.2, 0.25) is 0 Å². The molecule has 164 valence electrons. The summed E-state index contributed by atoms with van der Waals surface area (Å²) in [7, 11) is 0. The molecule has 0 saturated carbocycles. The molecule has 0 bridgehead atoms. The minimum absolute atomic E-state index is 0.0268. The Balaban J connectivity index is 1.70. The van der Waals surface area contributed by atoms with Gasteiger partial charge in [0.05, 0.1) is 0 Å². The van der Waals surface area contributed by atoms with Crippen LogP contribution in [0.4, 0.5) is 10.5 Å². The van der Waals surface area contributed by atoms with Crippen LogP contribution in [-0.4, -0.2) is 12.6 Å². The molecule has 0 spiro atoms. The van der Waals surface area contributed by atoms with E-state index in [0.717, 1.165) is 28.9 Å². The SMILES string of the molecule is CC(C)c1cccc(C(C)C)c1NC(=O)NC[C@@H](NCc1cccs1)c1ccccc1. The van der Waals surface area contributed by atoms with E-state index in [1.165, 1.54) is 4.88 Å². The van der Waals surface area contributed by atoms with Crippen LogP contribution in [0.25, 0.3) is 0 Å². The summed E-state index contributed by atoms with van der Waals surface area (Å²) in [6, 6.07) is 20.6. The van der Waals surface area contributed by atoms with Gasteiger partial charge in [-0.25, -0.2) is 4.79 Å². The number of urea groups is 1. The molecule has 2 aromatic carbocycles. The number of amides is 2. The molecule has 1 heterocycles. The molecule has 0 aliphatic carbocycles. The maximum atomic E-state index is 12.9. The van der Waals surface area contributed by atoms with Crippen molar-refractivity contribution >= 4 is 23.1 Å². The van der Waals surface area contributed by atoms with Gasteiger partial charge in [0.1, 0.15) is 0 Å². The minimum atomic E-state index is -0.172. The second-order valence-corrected chi connectivity index (χ2v) is 9.41. The molecule has 4 nitrogen and oxygen atoms in total. The van der Waals surface area contributed by atoms with E-state index in [0.29, 0.717) is 18.4 Å². The first kappa shape index (κ1) is 23.0. The Kier molecular flexibility index (Phi) is 8.27. The Morgan fingerprint density at radius 1 is 0.871 bits per heavy atom. The van der Waals surface area contributed by atoms with Crippen LogP contribution < -0.4 is 16.0 Å². The average Bonchev–Trinajstić information content (AvgIpc) is 3.28. The number of nitrogens with one attached hydrogen (secondary N) is 3. The molecule has 5 heteroatoms. The fourth-order valence-corrected chi connectivity index (χ4v) is 4.33. The molecular formula is C26H33N3OS. The van der Waals surface area contributed by atoms with E-state index in [4.69, 9.17) is 0 Å². The third-order valence-electron chi connectivity index (χ3n) is 5.38. The van der Waals surface area contributed by atoms with Crippen molar-refractivity contribution in [3.05, 3.63) is 87.6 Å². The molecule has 0 aliphatic heterocycles. The van der Waals surface area contributed by atoms with Crippen LogP contribution in [0, 0.1) is 0 Å². The number of rotatable bonds is 9. The Labute approximate surface area is 190 Å². The highest BCUT2D eigenvalue weighted by Gasteiger charge is 2.17. The number of anilines is 1. The van der Waals surface area contributed by atoms with Gasteiger partial charge in [0.25, 0.3) is 0 Å². The van der Waals surface area contributed by atoms with Crippen LogP contribution in [0.3, 0.4) is 0 Å². The molecule has 0 saturated heterocycles. The third kappa shape index (κ3) is 6.42. The highest BCUT2D eigenvalue weighted by Crippen LogP contribution is 2.32. The maximum absolute atomic E-state index is 12.9. The van der Waals surface area contributed by atoms with Crippen LogP contribution in [-0.2, 0) is 6.54 Å². The van der Waals surface area contributed by atoms with Crippen LogP contribution in [0.2, 0.25) is 0 Å². The Hall–Kier alpha value is -2.63. The number of thiophene rings is 1. The summed E-state index contributed by atoms with van der Waals surface area (Å²) in [5.41, 5.74) is 4.42. The summed E-state index contributed by atoms with van der Waals surface area (Å²) in [5, 5.41) is 11.9. The predicted octanol–water partition coefficient (Wildman–Crippen LogP) is 6.65. The fraction of sp³-hybridized carbons (Fsp3) is 0.346. The highest BCUT2D eigenvalue weighted by molar-refractivity contribution is 7.09. The number of hydrogen-bond acceptors (Lipinski definition) is 3. The van der Waals surface area contributed by atoms with Crippen LogP contribution in [0.5, 0.6) is 0 Å². The molecule has 0 unspecified atom stereocenters. The second-order valence-electron chi connectivity index (χ2n) is 8.38. The average molecular weight is 436 g/mol. The fourth-order valence-electron chi connectivity index (χ4n) is 3.68. The molecule has 2 amide bonds. The summed E-state index contributed by atoms with van der Waals surface area (Å²) in [6.45, 7) is 9.89. The molecule has 3 rings (SSSR count). The summed E-state index contributed by atoms with van der Waals surface area (Å²) in [6.07, 6.45) is 0. The van der Waals surface area contributed by atoms with Gasteiger partial charge in [-0.2, -0.15) is 0 Å². The van der Waals surface area contributed by atoms with Gasteiger partial charge < -0.3 is 16.0 Å². The molecule has 3 aromatic rings. The topological polar surface area (TPSA) is 53.2 Å². The van der Waals surface area contributed by atoms with Crippen molar-refractivity contribution in [2.24, 2.45) is 0 Å². The van der Waals surface area contributed by atoms with Crippen molar-refractivity contribution in [2.45, 2.75) is 52.1 Å². The molecule has 3 N–H and O–H groups in total. The summed E-state index contributed by atoms with van der Waals surface area (Å²) in [5.74, 6) is 0.664. The standard InChI is InChI=1S/C26H33N3OS/c1-18(2)22-13-8-14-23(19(3)4)25(22)29-26(30)28-17-24(20-10-6-5-7-11-20)27-16-21-12-9-15-31-21/h5-15,18-19,24,27H,16-17H2,1-4H3,(H2,28,29,30)/t24-/m1/s1. The van der Waals surface area contributed by atoms with Crippen molar-refractivity contribution in [1.29, 1.82) is 0 Å². The smallest absolute Gasteiger partial charge is 0.319 e. The predicted molar refractivity (Wildman–Crippen MR) is 132 cm³/mol. The number of hydrogen-bond donors (Lipinski definition) is 3. The van der Waals surface area contributed by atoms with E-state index in [-0.39, 0.29) is 12.1 Å². The van der Waals surface area contributed by atoms with E-state index in [9.17, 15) is 4.79 Å². The zero-order valence-corrected chi connectivity index (χ0v) is 19.6. The molecular weight excluding hydrogens is 402 g/mol. The largest absolute Gasteiger partial charge is 0.336 e. The molecule has 31 heavy (non-hydrogen) atoms. The number of carbonyl (C=O) groups is 1. The monoisotopic (exact) mass is 435 g/mol. The zero-order valence-electron chi connectivity index (χ0n) is 18.8. The van der Waals surface area contributed by atoms with Gasteiger partial charge in [-0.05, 0) is 40.0 Å². The van der Waals surface area contributed by atoms with Crippen molar-refractivity contribution in [3.63, 3.8) is 0 Å². The first-order valence-corrected chi connectivity index (χ1v) is 11.8. The summed E-state index contributed by atoms with van der Waals surface area (Å²) in [4.78, 5) is 14.2. The number of benzene rings is 2. The lowest BCUT2D eigenvalue weighted by Gasteiger charge is -2.22. The lowest BCUT2D eigenvalue weighted by atomic mass is 9.93. The van der Waals surface area contributed by atoms with Gasteiger partial charge in [-0.3, -0.25) is 0 Å². The molecule has 1 aromatic heterocycles. The van der Waals surface area contributed by atoms with E-state index in [1.54, 1.807) is 11.3 Å². The van der Waals surface area contributed by atoms with Crippen molar-refractivity contribution in [3.8, 4) is 0 Å². The van der Waals surface area contributed by atoms with Gasteiger partial charge in [0.15, 0.2) is 0 Å². The Morgan fingerprint density at radius 3 is 2.13 bits per heavy atom. The zero-order chi connectivity index (χ0) is 22.2. The first-order valence-electron chi connectivity index (χ1n) is 10.9.